The third-order valence-corrected chi connectivity index (χ3v) is 5.65. The van der Waals surface area contributed by atoms with E-state index in [9.17, 15) is 4.79 Å². The Morgan fingerprint density at radius 1 is 0.966 bits per heavy atom. The van der Waals surface area contributed by atoms with Crippen LogP contribution in [-0.4, -0.2) is 16.4 Å². The average Bonchev–Trinajstić information content (AvgIpc) is 3.04. The molecule has 0 atom stereocenters. The lowest BCUT2D eigenvalue weighted by molar-refractivity contribution is 0.0924. The molecule has 5 heteroatoms. The van der Waals surface area contributed by atoms with Crippen molar-refractivity contribution in [3.05, 3.63) is 71.6 Å². The summed E-state index contributed by atoms with van der Waals surface area (Å²) in [7, 11) is 0. The highest BCUT2D eigenvalue weighted by Crippen LogP contribution is 2.41. The van der Waals surface area contributed by atoms with E-state index >= 15 is 0 Å². The number of aromatic nitrogens is 1. The van der Waals surface area contributed by atoms with E-state index in [1.807, 2.05) is 69.3 Å². The second-order valence-corrected chi connectivity index (χ2v) is 9.02. The van der Waals surface area contributed by atoms with E-state index in [1.165, 1.54) is 11.3 Å². The predicted molar refractivity (Wildman–Crippen MR) is 122 cm³/mol. The first-order valence-electron chi connectivity index (χ1n) is 9.50. The molecule has 2 aromatic heterocycles. The third kappa shape index (κ3) is 3.87. The highest BCUT2D eigenvalue weighted by Gasteiger charge is 2.24. The largest absolute Gasteiger partial charge is 0.397 e. The van der Waals surface area contributed by atoms with Crippen molar-refractivity contribution in [2.45, 2.75) is 26.3 Å². The number of anilines is 1. The van der Waals surface area contributed by atoms with Crippen LogP contribution in [0.2, 0.25) is 0 Å². The molecule has 2 heterocycles. The lowest BCUT2D eigenvalue weighted by atomic mass is 9.99. The molecule has 0 bridgehead atoms. The Labute approximate surface area is 174 Å². The normalized spacial score (nSPS) is 11.6. The first-order valence-corrected chi connectivity index (χ1v) is 10.3. The van der Waals surface area contributed by atoms with E-state index in [4.69, 9.17) is 10.7 Å². The van der Waals surface area contributed by atoms with Crippen LogP contribution in [-0.2, 0) is 0 Å². The van der Waals surface area contributed by atoms with Gasteiger partial charge < -0.3 is 11.1 Å². The van der Waals surface area contributed by atoms with Gasteiger partial charge in [0, 0.05) is 16.5 Å². The van der Waals surface area contributed by atoms with Crippen LogP contribution in [0.5, 0.6) is 0 Å². The molecule has 0 radical (unpaired) electrons. The quantitative estimate of drug-likeness (QED) is 0.460. The summed E-state index contributed by atoms with van der Waals surface area (Å²) in [5.41, 5.74) is 10.6. The van der Waals surface area contributed by atoms with Gasteiger partial charge in [-0.05, 0) is 38.0 Å². The Morgan fingerprint density at radius 2 is 1.55 bits per heavy atom. The molecule has 0 aliphatic rings. The smallest absolute Gasteiger partial charge is 0.263 e. The van der Waals surface area contributed by atoms with Gasteiger partial charge in [-0.15, -0.1) is 11.3 Å². The van der Waals surface area contributed by atoms with Gasteiger partial charge in [-0.25, -0.2) is 4.98 Å². The van der Waals surface area contributed by atoms with Gasteiger partial charge in [0.05, 0.1) is 11.4 Å². The number of carbonyl (C=O) groups is 1. The van der Waals surface area contributed by atoms with Crippen LogP contribution in [0.25, 0.3) is 32.6 Å². The average molecular weight is 402 g/mol. The number of amides is 1. The van der Waals surface area contributed by atoms with Gasteiger partial charge in [0.15, 0.2) is 0 Å². The van der Waals surface area contributed by atoms with E-state index in [-0.39, 0.29) is 11.4 Å². The zero-order valence-corrected chi connectivity index (χ0v) is 17.5. The zero-order chi connectivity index (χ0) is 20.6. The van der Waals surface area contributed by atoms with Crippen LogP contribution in [0.3, 0.4) is 0 Å². The highest BCUT2D eigenvalue weighted by molar-refractivity contribution is 7.21. The molecule has 0 unspecified atom stereocenters. The van der Waals surface area contributed by atoms with Crippen LogP contribution in [0, 0.1) is 0 Å². The number of hydrogen-bond acceptors (Lipinski definition) is 4. The molecule has 4 aromatic rings. The molecule has 1 amide bonds. The number of nitrogen functional groups attached to an aromatic ring is 1. The SMILES string of the molecule is CC(C)(C)NC(=O)c1sc2nc(-c3ccccc3)cc(-c3ccccc3)c2c1N. The Hall–Kier alpha value is -3.18. The van der Waals surface area contributed by atoms with Crippen LogP contribution >= 0.6 is 11.3 Å². The van der Waals surface area contributed by atoms with Crippen molar-refractivity contribution >= 4 is 33.1 Å². The number of pyridine rings is 1. The summed E-state index contributed by atoms with van der Waals surface area (Å²) in [6, 6.07) is 22.2. The first kappa shape index (κ1) is 19.2. The molecule has 0 spiro atoms. The second kappa shape index (κ2) is 7.33. The molecular weight excluding hydrogens is 378 g/mol. The van der Waals surface area contributed by atoms with Gasteiger partial charge in [0.2, 0.25) is 0 Å². The van der Waals surface area contributed by atoms with Gasteiger partial charge >= 0.3 is 0 Å². The summed E-state index contributed by atoms with van der Waals surface area (Å²) in [6.45, 7) is 5.86. The molecule has 0 aliphatic carbocycles. The maximum atomic E-state index is 12.8. The number of hydrogen-bond donors (Lipinski definition) is 2. The van der Waals surface area contributed by atoms with Crippen molar-refractivity contribution in [3.8, 4) is 22.4 Å². The molecule has 3 N–H and O–H groups in total. The van der Waals surface area contributed by atoms with Gasteiger partial charge in [0.25, 0.3) is 5.91 Å². The van der Waals surface area contributed by atoms with Crippen LogP contribution in [0.4, 0.5) is 5.69 Å². The van der Waals surface area contributed by atoms with E-state index < -0.39 is 0 Å². The van der Waals surface area contributed by atoms with Gasteiger partial charge in [-0.1, -0.05) is 60.7 Å². The zero-order valence-electron chi connectivity index (χ0n) is 16.7. The van der Waals surface area contributed by atoms with E-state index in [1.54, 1.807) is 0 Å². The summed E-state index contributed by atoms with van der Waals surface area (Å²) >= 11 is 1.34. The lowest BCUT2D eigenvalue weighted by Crippen LogP contribution is -2.40. The summed E-state index contributed by atoms with van der Waals surface area (Å²) in [4.78, 5) is 19.0. The minimum Gasteiger partial charge on any atom is -0.397 e. The highest BCUT2D eigenvalue weighted by atomic mass is 32.1. The molecule has 0 fully saturated rings. The number of rotatable bonds is 3. The Morgan fingerprint density at radius 3 is 2.14 bits per heavy atom. The van der Waals surface area contributed by atoms with Gasteiger partial charge in [0.1, 0.15) is 9.71 Å². The van der Waals surface area contributed by atoms with Crippen molar-refractivity contribution in [1.29, 1.82) is 0 Å². The number of nitrogens with zero attached hydrogens (tertiary/aromatic N) is 1. The number of thiophene rings is 1. The van der Waals surface area contributed by atoms with Gasteiger partial charge in [-0.2, -0.15) is 0 Å². The third-order valence-electron chi connectivity index (χ3n) is 4.55. The first-order chi connectivity index (χ1) is 13.8. The maximum absolute atomic E-state index is 12.8. The topological polar surface area (TPSA) is 68.0 Å². The van der Waals surface area contributed by atoms with Crippen molar-refractivity contribution in [3.63, 3.8) is 0 Å². The fraction of sp³-hybridized carbons (Fsp3) is 0.167. The van der Waals surface area contributed by atoms with Crippen molar-refractivity contribution in [2.75, 3.05) is 5.73 Å². The summed E-state index contributed by atoms with van der Waals surface area (Å²) < 4.78 is 0. The van der Waals surface area contributed by atoms with Crippen LogP contribution < -0.4 is 11.1 Å². The molecular formula is C24H23N3OS. The van der Waals surface area contributed by atoms with Crippen molar-refractivity contribution < 1.29 is 4.79 Å². The maximum Gasteiger partial charge on any atom is 0.263 e. The lowest BCUT2D eigenvalue weighted by Gasteiger charge is -2.20. The molecule has 29 heavy (non-hydrogen) atoms. The molecule has 0 aliphatic heterocycles. The van der Waals surface area contributed by atoms with E-state index in [0.29, 0.717) is 10.6 Å². The van der Waals surface area contributed by atoms with Crippen LogP contribution in [0.1, 0.15) is 30.4 Å². The van der Waals surface area contributed by atoms with E-state index in [0.717, 1.165) is 32.6 Å². The summed E-state index contributed by atoms with van der Waals surface area (Å²) in [5, 5.41) is 3.84. The number of carbonyl (C=O) groups excluding carboxylic acids is 1. The molecule has 0 saturated carbocycles. The monoisotopic (exact) mass is 401 g/mol. The summed E-state index contributed by atoms with van der Waals surface area (Å²) in [6.07, 6.45) is 0. The standard InChI is InChI=1S/C24H23N3OS/c1-24(2,3)27-22(28)21-20(25)19-17(15-10-6-4-7-11-15)14-18(26-23(19)29-21)16-12-8-5-9-13-16/h4-14H,25H2,1-3H3,(H,27,28). The Kier molecular flexibility index (Phi) is 4.84. The minimum absolute atomic E-state index is 0.168. The molecule has 2 aromatic carbocycles. The fourth-order valence-electron chi connectivity index (χ4n) is 3.29. The molecule has 146 valence electrons. The Bertz CT molecular complexity index is 1180. The molecule has 4 rings (SSSR count). The minimum atomic E-state index is -0.343. The molecule has 4 nitrogen and oxygen atoms in total. The summed E-state index contributed by atoms with van der Waals surface area (Å²) in [5.74, 6) is -0.168. The van der Waals surface area contributed by atoms with E-state index in [2.05, 4.69) is 23.5 Å². The predicted octanol–water partition coefficient (Wildman–Crippen LogP) is 5.74. The van der Waals surface area contributed by atoms with Crippen LogP contribution in [0.15, 0.2) is 66.7 Å². The van der Waals surface area contributed by atoms with Gasteiger partial charge in [-0.3, -0.25) is 4.79 Å². The number of benzene rings is 2. The molecule has 0 saturated heterocycles. The Balaban J connectivity index is 1.96. The number of fused-ring (bicyclic) bond motifs is 1. The fourth-order valence-corrected chi connectivity index (χ4v) is 4.30. The number of nitrogens with one attached hydrogen (secondary N) is 1. The number of nitrogens with two attached hydrogens (primary N) is 1. The van der Waals surface area contributed by atoms with Crippen molar-refractivity contribution in [1.82, 2.24) is 10.3 Å². The van der Waals surface area contributed by atoms with Crippen molar-refractivity contribution in [2.24, 2.45) is 0 Å². The second-order valence-electron chi connectivity index (χ2n) is 8.02.